The minimum atomic E-state index is 0.662. The van der Waals surface area contributed by atoms with Gasteiger partial charge in [-0.2, -0.15) is 0 Å². The summed E-state index contributed by atoms with van der Waals surface area (Å²) in [6.45, 7) is 0. The van der Waals surface area contributed by atoms with E-state index in [0.29, 0.717) is 22.1 Å². The standard InChI is InChI=1S/C16H16O4S/c1-18-11-8-15(19-2)14(16(9-11)20-3)7-6-12-4-5-13(10-17)21-12/h4-10H,1-3H3/b7-6+. The molecule has 0 aliphatic heterocycles. The number of thiophene rings is 1. The van der Waals surface area contributed by atoms with Crippen LogP contribution in [0, 0.1) is 0 Å². The predicted octanol–water partition coefficient (Wildman–Crippen LogP) is 3.76. The van der Waals surface area contributed by atoms with E-state index in [0.717, 1.165) is 16.7 Å². The number of methoxy groups -OCH3 is 3. The Morgan fingerprint density at radius 1 is 0.905 bits per heavy atom. The van der Waals surface area contributed by atoms with Crippen LogP contribution in [-0.2, 0) is 0 Å². The van der Waals surface area contributed by atoms with Gasteiger partial charge in [0, 0.05) is 17.0 Å². The Bertz CT molecular complexity index is 633. The Morgan fingerprint density at radius 3 is 2.00 bits per heavy atom. The first kappa shape index (κ1) is 15.1. The van der Waals surface area contributed by atoms with Crippen molar-refractivity contribution in [2.45, 2.75) is 0 Å². The highest BCUT2D eigenvalue weighted by Crippen LogP contribution is 2.35. The number of benzene rings is 1. The maximum absolute atomic E-state index is 10.7. The molecular weight excluding hydrogens is 288 g/mol. The van der Waals surface area contributed by atoms with Crippen LogP contribution in [0.15, 0.2) is 24.3 Å². The van der Waals surface area contributed by atoms with Gasteiger partial charge in [0.25, 0.3) is 0 Å². The Hall–Kier alpha value is -2.27. The SMILES string of the molecule is COc1cc(OC)c(/C=C/c2ccc(C=O)s2)c(OC)c1. The number of aldehydes is 1. The Balaban J connectivity index is 2.39. The molecule has 110 valence electrons. The van der Waals surface area contributed by atoms with Crippen LogP contribution in [0.3, 0.4) is 0 Å². The van der Waals surface area contributed by atoms with E-state index < -0.39 is 0 Å². The first-order valence-corrected chi connectivity index (χ1v) is 7.06. The van der Waals surface area contributed by atoms with Gasteiger partial charge < -0.3 is 14.2 Å². The molecule has 0 unspecified atom stereocenters. The summed E-state index contributed by atoms with van der Waals surface area (Å²) in [5, 5.41) is 0. The van der Waals surface area contributed by atoms with E-state index in [1.165, 1.54) is 11.3 Å². The molecule has 1 aromatic carbocycles. The fraction of sp³-hybridized carbons (Fsp3) is 0.188. The molecule has 0 bridgehead atoms. The van der Waals surface area contributed by atoms with Crippen LogP contribution < -0.4 is 14.2 Å². The normalized spacial score (nSPS) is 10.6. The van der Waals surface area contributed by atoms with E-state index >= 15 is 0 Å². The van der Waals surface area contributed by atoms with Crippen molar-refractivity contribution < 1.29 is 19.0 Å². The Labute approximate surface area is 127 Å². The zero-order valence-electron chi connectivity index (χ0n) is 12.1. The minimum absolute atomic E-state index is 0.662. The lowest BCUT2D eigenvalue weighted by Crippen LogP contribution is -1.94. The van der Waals surface area contributed by atoms with Gasteiger partial charge in [-0.15, -0.1) is 11.3 Å². The van der Waals surface area contributed by atoms with Crippen LogP contribution in [0.1, 0.15) is 20.1 Å². The number of carbonyl (C=O) groups is 1. The summed E-state index contributed by atoms with van der Waals surface area (Å²) in [4.78, 5) is 12.4. The summed E-state index contributed by atoms with van der Waals surface area (Å²) in [6, 6.07) is 7.29. The van der Waals surface area contributed by atoms with Crippen molar-refractivity contribution in [2.24, 2.45) is 0 Å². The summed E-state index contributed by atoms with van der Waals surface area (Å²) in [6.07, 6.45) is 4.67. The van der Waals surface area contributed by atoms with E-state index in [-0.39, 0.29) is 0 Å². The molecule has 0 aliphatic carbocycles. The van der Waals surface area contributed by atoms with Crippen LogP contribution >= 0.6 is 11.3 Å². The van der Waals surface area contributed by atoms with Gasteiger partial charge in [-0.3, -0.25) is 4.79 Å². The molecule has 0 atom stereocenters. The van der Waals surface area contributed by atoms with Crippen molar-refractivity contribution >= 4 is 29.8 Å². The lowest BCUT2D eigenvalue weighted by Gasteiger charge is -2.12. The van der Waals surface area contributed by atoms with Gasteiger partial charge in [0.15, 0.2) is 6.29 Å². The van der Waals surface area contributed by atoms with Gasteiger partial charge in [-0.05, 0) is 24.3 Å². The molecular formula is C16H16O4S. The number of carbonyl (C=O) groups excluding carboxylic acids is 1. The summed E-state index contributed by atoms with van der Waals surface area (Å²) < 4.78 is 16.0. The third-order valence-corrected chi connectivity index (χ3v) is 3.91. The average molecular weight is 304 g/mol. The molecule has 1 aromatic heterocycles. The van der Waals surface area contributed by atoms with Gasteiger partial charge in [0.2, 0.25) is 0 Å². The van der Waals surface area contributed by atoms with Crippen molar-refractivity contribution in [1.82, 2.24) is 0 Å². The first-order valence-electron chi connectivity index (χ1n) is 6.25. The second-order valence-corrected chi connectivity index (χ2v) is 5.28. The fourth-order valence-electron chi connectivity index (χ4n) is 1.88. The summed E-state index contributed by atoms with van der Waals surface area (Å²) >= 11 is 1.43. The summed E-state index contributed by atoms with van der Waals surface area (Å²) in [7, 11) is 4.79. The fourth-order valence-corrected chi connectivity index (χ4v) is 2.61. The topological polar surface area (TPSA) is 44.8 Å². The van der Waals surface area contributed by atoms with Crippen LogP contribution in [-0.4, -0.2) is 27.6 Å². The maximum Gasteiger partial charge on any atom is 0.160 e. The highest BCUT2D eigenvalue weighted by Gasteiger charge is 2.10. The van der Waals surface area contributed by atoms with Gasteiger partial charge in [0.05, 0.1) is 31.8 Å². The van der Waals surface area contributed by atoms with E-state index in [4.69, 9.17) is 14.2 Å². The van der Waals surface area contributed by atoms with Gasteiger partial charge in [0.1, 0.15) is 17.2 Å². The van der Waals surface area contributed by atoms with Crippen molar-refractivity contribution in [3.8, 4) is 17.2 Å². The number of hydrogen-bond acceptors (Lipinski definition) is 5. The zero-order chi connectivity index (χ0) is 15.2. The number of rotatable bonds is 6. The van der Waals surface area contributed by atoms with Crippen molar-refractivity contribution in [1.29, 1.82) is 0 Å². The lowest BCUT2D eigenvalue weighted by atomic mass is 10.1. The molecule has 2 rings (SSSR count). The molecule has 0 fully saturated rings. The van der Waals surface area contributed by atoms with E-state index in [1.54, 1.807) is 39.5 Å². The molecule has 21 heavy (non-hydrogen) atoms. The third kappa shape index (κ3) is 3.44. The summed E-state index contributed by atoms with van der Waals surface area (Å²) in [5.41, 5.74) is 0.821. The molecule has 0 N–H and O–H groups in total. The Kier molecular flexibility index (Phi) is 5.00. The molecule has 5 heteroatoms. The average Bonchev–Trinajstić information content (AvgIpc) is 2.99. The number of hydrogen-bond donors (Lipinski definition) is 0. The van der Waals surface area contributed by atoms with Gasteiger partial charge in [-0.1, -0.05) is 0 Å². The molecule has 0 radical (unpaired) electrons. The van der Waals surface area contributed by atoms with Crippen molar-refractivity contribution in [3.63, 3.8) is 0 Å². The molecule has 0 spiro atoms. The summed E-state index contributed by atoms with van der Waals surface area (Å²) in [5.74, 6) is 1.99. The monoisotopic (exact) mass is 304 g/mol. The maximum atomic E-state index is 10.7. The lowest BCUT2D eigenvalue weighted by molar-refractivity contribution is 0.112. The van der Waals surface area contributed by atoms with Crippen LogP contribution in [0.2, 0.25) is 0 Å². The number of ether oxygens (including phenoxy) is 3. The van der Waals surface area contributed by atoms with Crippen LogP contribution in [0.5, 0.6) is 17.2 Å². The largest absolute Gasteiger partial charge is 0.496 e. The second kappa shape index (κ2) is 6.95. The minimum Gasteiger partial charge on any atom is -0.496 e. The quantitative estimate of drug-likeness (QED) is 0.762. The van der Waals surface area contributed by atoms with Crippen LogP contribution in [0.4, 0.5) is 0 Å². The molecule has 0 amide bonds. The molecule has 0 aliphatic rings. The van der Waals surface area contributed by atoms with Crippen LogP contribution in [0.25, 0.3) is 12.2 Å². The molecule has 0 saturated heterocycles. The van der Waals surface area contributed by atoms with Gasteiger partial charge >= 0.3 is 0 Å². The third-order valence-electron chi connectivity index (χ3n) is 2.93. The van der Waals surface area contributed by atoms with E-state index in [9.17, 15) is 4.79 Å². The molecule has 1 heterocycles. The molecule has 4 nitrogen and oxygen atoms in total. The highest BCUT2D eigenvalue weighted by molar-refractivity contribution is 7.14. The van der Waals surface area contributed by atoms with Crippen molar-refractivity contribution in [2.75, 3.05) is 21.3 Å². The first-order chi connectivity index (χ1) is 10.2. The predicted molar refractivity (Wildman–Crippen MR) is 84.7 cm³/mol. The highest BCUT2D eigenvalue weighted by atomic mass is 32.1. The zero-order valence-corrected chi connectivity index (χ0v) is 12.9. The Morgan fingerprint density at radius 2 is 1.52 bits per heavy atom. The molecule has 0 saturated carbocycles. The van der Waals surface area contributed by atoms with Gasteiger partial charge in [-0.25, -0.2) is 0 Å². The van der Waals surface area contributed by atoms with E-state index in [2.05, 4.69) is 0 Å². The molecule has 2 aromatic rings. The van der Waals surface area contributed by atoms with E-state index in [1.807, 2.05) is 18.2 Å². The van der Waals surface area contributed by atoms with Crippen molar-refractivity contribution in [3.05, 3.63) is 39.6 Å². The second-order valence-electron chi connectivity index (χ2n) is 4.14. The smallest absolute Gasteiger partial charge is 0.160 e.